The van der Waals surface area contributed by atoms with Gasteiger partial charge in [0.25, 0.3) is 0 Å². The molecule has 1 unspecified atom stereocenters. The number of rotatable bonds is 8. The van der Waals surface area contributed by atoms with Crippen LogP contribution in [-0.4, -0.2) is 53.1 Å². The molecule has 0 saturated carbocycles. The second kappa shape index (κ2) is 7.50. The number of carbonyl (C=O) groups is 3. The van der Waals surface area contributed by atoms with Gasteiger partial charge in [0.2, 0.25) is 0 Å². The summed E-state index contributed by atoms with van der Waals surface area (Å²) < 4.78 is 48.5. The van der Waals surface area contributed by atoms with E-state index in [4.69, 9.17) is 10.2 Å². The van der Waals surface area contributed by atoms with Crippen LogP contribution in [0.3, 0.4) is 0 Å². The number of amides is 2. The molecule has 0 aromatic heterocycles. The Kier molecular flexibility index (Phi) is 6.73. The standard InChI is InChI=1S/C9H12F4N2O5/c10-7(11)9(12,13)3-14-8(20)15-4(6(18)19)1-2-5(16)17/h4,7H,1-3H2,(H,16,17)(H,18,19)(H2,14,15,20). The zero-order valence-corrected chi connectivity index (χ0v) is 9.91. The average Bonchev–Trinajstić information content (AvgIpc) is 2.31. The van der Waals surface area contributed by atoms with Gasteiger partial charge in [-0.1, -0.05) is 0 Å². The van der Waals surface area contributed by atoms with Crippen molar-refractivity contribution in [3.8, 4) is 0 Å². The molecule has 11 heteroatoms. The average molecular weight is 304 g/mol. The molecule has 4 N–H and O–H groups in total. The monoisotopic (exact) mass is 304 g/mol. The summed E-state index contributed by atoms with van der Waals surface area (Å²) >= 11 is 0. The maximum absolute atomic E-state index is 12.5. The van der Waals surface area contributed by atoms with Gasteiger partial charge in [0, 0.05) is 6.42 Å². The molecular formula is C9H12F4N2O5. The van der Waals surface area contributed by atoms with Crippen molar-refractivity contribution in [2.24, 2.45) is 0 Å². The fourth-order valence-electron chi connectivity index (χ4n) is 1.01. The second-order valence-electron chi connectivity index (χ2n) is 3.71. The van der Waals surface area contributed by atoms with Crippen LogP contribution in [0.25, 0.3) is 0 Å². The summed E-state index contributed by atoms with van der Waals surface area (Å²) in [5.74, 6) is -7.35. The molecule has 0 fully saturated rings. The van der Waals surface area contributed by atoms with Crippen LogP contribution in [0.4, 0.5) is 22.4 Å². The second-order valence-corrected chi connectivity index (χ2v) is 3.71. The number of alkyl halides is 4. The third-order valence-corrected chi connectivity index (χ3v) is 2.05. The summed E-state index contributed by atoms with van der Waals surface area (Å²) in [5.41, 5.74) is 0. The number of urea groups is 1. The fourth-order valence-corrected chi connectivity index (χ4v) is 1.01. The minimum atomic E-state index is -4.45. The minimum Gasteiger partial charge on any atom is -0.481 e. The normalized spacial score (nSPS) is 12.8. The molecule has 7 nitrogen and oxygen atoms in total. The molecule has 0 aromatic carbocycles. The molecule has 2 amide bonds. The third kappa shape index (κ3) is 6.75. The highest BCUT2D eigenvalue weighted by Gasteiger charge is 2.41. The van der Waals surface area contributed by atoms with E-state index >= 15 is 0 Å². The number of nitrogens with one attached hydrogen (secondary N) is 2. The smallest absolute Gasteiger partial charge is 0.326 e. The molecular weight excluding hydrogens is 292 g/mol. The predicted octanol–water partition coefficient (Wildman–Crippen LogP) is 0.504. The van der Waals surface area contributed by atoms with Gasteiger partial charge in [-0.15, -0.1) is 0 Å². The lowest BCUT2D eigenvalue weighted by Gasteiger charge is -2.18. The van der Waals surface area contributed by atoms with E-state index in [9.17, 15) is 31.9 Å². The fraction of sp³-hybridized carbons (Fsp3) is 0.667. The van der Waals surface area contributed by atoms with E-state index in [2.05, 4.69) is 0 Å². The van der Waals surface area contributed by atoms with Crippen LogP contribution in [0.2, 0.25) is 0 Å². The molecule has 0 saturated heterocycles. The summed E-state index contributed by atoms with van der Waals surface area (Å²) in [5, 5.41) is 20.1. The Morgan fingerprint density at radius 2 is 1.70 bits per heavy atom. The Morgan fingerprint density at radius 1 is 1.15 bits per heavy atom. The topological polar surface area (TPSA) is 116 Å². The van der Waals surface area contributed by atoms with Crippen LogP contribution >= 0.6 is 0 Å². The van der Waals surface area contributed by atoms with Crippen molar-refractivity contribution >= 4 is 18.0 Å². The molecule has 0 radical (unpaired) electrons. The molecule has 20 heavy (non-hydrogen) atoms. The highest BCUT2D eigenvalue weighted by Crippen LogP contribution is 2.21. The lowest BCUT2D eigenvalue weighted by molar-refractivity contribution is -0.140. The molecule has 1 atom stereocenters. The third-order valence-electron chi connectivity index (χ3n) is 2.05. The predicted molar refractivity (Wildman–Crippen MR) is 55.8 cm³/mol. The molecule has 0 aliphatic rings. The molecule has 0 rings (SSSR count). The van der Waals surface area contributed by atoms with Crippen LogP contribution < -0.4 is 10.6 Å². The minimum absolute atomic E-state index is 0.483. The largest absolute Gasteiger partial charge is 0.481 e. The van der Waals surface area contributed by atoms with Gasteiger partial charge < -0.3 is 20.8 Å². The van der Waals surface area contributed by atoms with Crippen LogP contribution in [0.15, 0.2) is 0 Å². The number of hydrogen-bond donors (Lipinski definition) is 4. The summed E-state index contributed by atoms with van der Waals surface area (Å²) in [6, 6.07) is -3.05. The van der Waals surface area contributed by atoms with E-state index in [1.807, 2.05) is 0 Å². The zero-order valence-electron chi connectivity index (χ0n) is 9.91. The summed E-state index contributed by atoms with van der Waals surface area (Å²) in [6.45, 7) is -1.68. The number of carboxylic acid groups (broad SMARTS) is 2. The van der Waals surface area contributed by atoms with Crippen LogP contribution in [-0.2, 0) is 9.59 Å². The maximum atomic E-state index is 12.5. The number of carbonyl (C=O) groups excluding carboxylic acids is 1. The van der Waals surface area contributed by atoms with Gasteiger partial charge in [-0.25, -0.2) is 18.4 Å². The van der Waals surface area contributed by atoms with Crippen LogP contribution in [0.5, 0.6) is 0 Å². The number of halogens is 4. The van der Waals surface area contributed by atoms with Crippen molar-refractivity contribution in [1.82, 2.24) is 10.6 Å². The first-order valence-corrected chi connectivity index (χ1v) is 5.21. The first kappa shape index (κ1) is 17.9. The van der Waals surface area contributed by atoms with Gasteiger partial charge in [0.05, 0.1) is 6.54 Å². The van der Waals surface area contributed by atoms with Crippen molar-refractivity contribution in [3.63, 3.8) is 0 Å². The van der Waals surface area contributed by atoms with Crippen molar-refractivity contribution in [1.29, 1.82) is 0 Å². The van der Waals surface area contributed by atoms with Crippen LogP contribution in [0.1, 0.15) is 12.8 Å². The molecule has 0 aromatic rings. The van der Waals surface area contributed by atoms with E-state index in [0.717, 1.165) is 0 Å². The lowest BCUT2D eigenvalue weighted by Crippen LogP contribution is -2.50. The maximum Gasteiger partial charge on any atom is 0.326 e. The van der Waals surface area contributed by atoms with Gasteiger partial charge >= 0.3 is 30.3 Å². The Morgan fingerprint density at radius 3 is 2.10 bits per heavy atom. The Bertz CT molecular complexity index is 377. The van der Waals surface area contributed by atoms with E-state index < -0.39 is 55.7 Å². The van der Waals surface area contributed by atoms with Gasteiger partial charge in [-0.3, -0.25) is 4.79 Å². The quantitative estimate of drug-likeness (QED) is 0.487. The molecule has 0 aliphatic heterocycles. The molecule has 0 bridgehead atoms. The zero-order chi connectivity index (χ0) is 15.9. The first-order valence-electron chi connectivity index (χ1n) is 5.21. The highest BCUT2D eigenvalue weighted by atomic mass is 19.3. The van der Waals surface area contributed by atoms with E-state index in [1.165, 1.54) is 5.32 Å². The van der Waals surface area contributed by atoms with E-state index in [-0.39, 0.29) is 0 Å². The molecule has 0 aliphatic carbocycles. The van der Waals surface area contributed by atoms with Gasteiger partial charge in [0.15, 0.2) is 0 Å². The lowest BCUT2D eigenvalue weighted by atomic mass is 10.1. The Hall–Kier alpha value is -2.07. The van der Waals surface area contributed by atoms with Crippen molar-refractivity contribution < 1.29 is 42.2 Å². The summed E-state index contributed by atoms with van der Waals surface area (Å²) in [7, 11) is 0. The molecule has 0 spiro atoms. The number of carboxylic acids is 2. The SMILES string of the molecule is O=C(O)CCC(NC(=O)NCC(F)(F)C(F)F)C(=O)O. The summed E-state index contributed by atoms with van der Waals surface area (Å²) in [4.78, 5) is 32.0. The van der Waals surface area contributed by atoms with E-state index in [1.54, 1.807) is 5.32 Å². The van der Waals surface area contributed by atoms with Gasteiger partial charge in [-0.05, 0) is 6.42 Å². The van der Waals surface area contributed by atoms with Gasteiger partial charge in [0.1, 0.15) is 6.04 Å². The van der Waals surface area contributed by atoms with Crippen molar-refractivity contribution in [2.45, 2.75) is 31.2 Å². The molecule has 116 valence electrons. The summed E-state index contributed by atoms with van der Waals surface area (Å²) in [6.07, 6.45) is -5.04. The first-order chi connectivity index (χ1) is 9.06. The van der Waals surface area contributed by atoms with Crippen molar-refractivity contribution in [3.05, 3.63) is 0 Å². The Balaban J connectivity index is 4.33. The number of aliphatic carboxylic acids is 2. The van der Waals surface area contributed by atoms with Gasteiger partial charge in [-0.2, -0.15) is 8.78 Å². The number of hydrogen-bond acceptors (Lipinski definition) is 3. The van der Waals surface area contributed by atoms with E-state index in [0.29, 0.717) is 0 Å². The van der Waals surface area contributed by atoms with Crippen LogP contribution in [0, 0.1) is 0 Å². The molecule has 0 heterocycles. The van der Waals surface area contributed by atoms with Crippen molar-refractivity contribution in [2.75, 3.05) is 6.54 Å². The Labute approximate surface area is 109 Å². The highest BCUT2D eigenvalue weighted by molar-refractivity contribution is 5.83.